The van der Waals surface area contributed by atoms with E-state index in [0.717, 1.165) is 0 Å². The van der Waals surface area contributed by atoms with Crippen LogP contribution in [0.5, 0.6) is 0 Å². The molecule has 1 aromatic carbocycles. The van der Waals surface area contributed by atoms with Crippen molar-refractivity contribution in [3.8, 4) is 5.69 Å². The zero-order valence-electron chi connectivity index (χ0n) is 6.44. The zero-order chi connectivity index (χ0) is 7.52. The van der Waals surface area contributed by atoms with Crippen LogP contribution in [0.15, 0.2) is 49.1 Å². The summed E-state index contributed by atoms with van der Waals surface area (Å²) < 4.78 is 2.03. The molecule has 1 heterocycles. The Hall–Kier alpha value is -1.09. The number of H-pyrrole nitrogens is 1. The quantitative estimate of drug-likeness (QED) is 0.558. The number of nitrogens with zero attached hydrogens (tertiary/aromatic N) is 1. The van der Waals surface area contributed by atoms with E-state index in [9.17, 15) is 0 Å². The molecule has 0 spiro atoms. The van der Waals surface area contributed by atoms with Crippen molar-refractivity contribution in [2.24, 2.45) is 0 Å². The Balaban J connectivity index is 0.000000720. The van der Waals surface area contributed by atoms with E-state index in [1.165, 1.54) is 5.69 Å². The number of para-hydroxylation sites is 1. The molecule has 2 nitrogen and oxygen atoms in total. The molecule has 0 saturated carbocycles. The minimum Gasteiger partial charge on any atom is -1.00 e. The van der Waals surface area contributed by atoms with Gasteiger partial charge in [0.2, 0.25) is 6.33 Å². The fourth-order valence-corrected chi connectivity index (χ4v) is 1.05. The smallest absolute Gasteiger partial charge is 0.246 e. The van der Waals surface area contributed by atoms with Crippen LogP contribution >= 0.6 is 0 Å². The highest BCUT2D eigenvalue weighted by Crippen LogP contribution is 1.95. The number of rotatable bonds is 1. The lowest BCUT2D eigenvalue weighted by Crippen LogP contribution is -3.00. The predicted molar refractivity (Wildman–Crippen MR) is 42.3 cm³/mol. The van der Waals surface area contributed by atoms with Gasteiger partial charge < -0.3 is 17.0 Å². The predicted octanol–water partition coefficient (Wildman–Crippen LogP) is -1.70. The molecule has 1 aromatic heterocycles. The lowest BCUT2D eigenvalue weighted by Gasteiger charge is -1.91. The number of nitrogens with one attached hydrogen (secondary N) is 1. The van der Waals surface area contributed by atoms with Crippen LogP contribution in [0.25, 0.3) is 5.69 Å². The van der Waals surface area contributed by atoms with Crippen molar-refractivity contribution >= 4 is 0 Å². The van der Waals surface area contributed by atoms with Crippen LogP contribution in [0, 0.1) is 0 Å². The SMILES string of the molecule is [Br-].c1ccc(-[n+]2cc[nH]c2)cc1. The first-order valence-electron chi connectivity index (χ1n) is 3.56. The lowest BCUT2D eigenvalue weighted by molar-refractivity contribution is -0.594. The van der Waals surface area contributed by atoms with E-state index in [4.69, 9.17) is 0 Å². The van der Waals surface area contributed by atoms with Gasteiger partial charge in [-0.05, 0) is 12.1 Å². The lowest BCUT2D eigenvalue weighted by atomic mass is 10.3. The van der Waals surface area contributed by atoms with E-state index in [0.29, 0.717) is 0 Å². The van der Waals surface area contributed by atoms with Crippen LogP contribution in [-0.2, 0) is 0 Å². The minimum absolute atomic E-state index is 0. The second-order valence-corrected chi connectivity index (χ2v) is 2.35. The molecule has 1 N–H and O–H groups in total. The van der Waals surface area contributed by atoms with Crippen molar-refractivity contribution in [2.75, 3.05) is 0 Å². The maximum atomic E-state index is 2.99. The summed E-state index contributed by atoms with van der Waals surface area (Å²) in [5, 5.41) is 0. The molecule has 0 radical (unpaired) electrons. The van der Waals surface area contributed by atoms with Gasteiger partial charge in [-0.3, -0.25) is 0 Å². The van der Waals surface area contributed by atoms with Crippen molar-refractivity contribution in [2.45, 2.75) is 0 Å². The fourth-order valence-electron chi connectivity index (χ4n) is 1.05. The topological polar surface area (TPSA) is 19.7 Å². The Bertz CT molecular complexity index is 316. The van der Waals surface area contributed by atoms with E-state index in [1.807, 2.05) is 41.5 Å². The Morgan fingerprint density at radius 3 is 2.42 bits per heavy atom. The van der Waals surface area contributed by atoms with Gasteiger partial charge in [0, 0.05) is 0 Å². The molecule has 0 unspecified atom stereocenters. The Morgan fingerprint density at radius 1 is 1.08 bits per heavy atom. The van der Waals surface area contributed by atoms with Crippen molar-refractivity contribution in [3.63, 3.8) is 0 Å². The molecule has 0 amide bonds. The van der Waals surface area contributed by atoms with Gasteiger partial charge in [0.05, 0.1) is 0 Å². The fraction of sp³-hybridized carbons (Fsp3) is 0. The number of halogens is 1. The summed E-state index contributed by atoms with van der Waals surface area (Å²) in [6, 6.07) is 10.2. The summed E-state index contributed by atoms with van der Waals surface area (Å²) in [7, 11) is 0. The third-order valence-corrected chi connectivity index (χ3v) is 1.60. The number of aromatic nitrogens is 2. The normalized spacial score (nSPS) is 9.00. The van der Waals surface area contributed by atoms with Gasteiger partial charge in [0.15, 0.2) is 0 Å². The number of hydrogen-bond acceptors (Lipinski definition) is 0. The third kappa shape index (κ3) is 1.74. The molecular weight excluding hydrogens is 216 g/mol. The average molecular weight is 225 g/mol. The first-order chi connectivity index (χ1) is 5.47. The molecule has 62 valence electrons. The molecule has 0 fully saturated rings. The molecule has 0 aliphatic carbocycles. The van der Waals surface area contributed by atoms with E-state index in [1.54, 1.807) is 0 Å². The number of imidazole rings is 1. The maximum Gasteiger partial charge on any atom is 0.246 e. The minimum atomic E-state index is 0. The second kappa shape index (κ2) is 4.07. The van der Waals surface area contributed by atoms with E-state index in [2.05, 4.69) is 17.1 Å². The van der Waals surface area contributed by atoms with E-state index < -0.39 is 0 Å². The highest BCUT2D eigenvalue weighted by molar-refractivity contribution is 5.20. The van der Waals surface area contributed by atoms with Gasteiger partial charge in [-0.15, -0.1) is 0 Å². The average Bonchev–Trinajstić information content (AvgIpc) is 2.58. The number of hydrogen-bond donors (Lipinski definition) is 1. The molecule has 3 heteroatoms. The number of aromatic amines is 1. The summed E-state index contributed by atoms with van der Waals surface area (Å²) in [6.45, 7) is 0. The first-order valence-corrected chi connectivity index (χ1v) is 3.56. The summed E-state index contributed by atoms with van der Waals surface area (Å²) >= 11 is 0. The Kier molecular flexibility index (Phi) is 3.05. The van der Waals surface area contributed by atoms with Gasteiger partial charge in [-0.1, -0.05) is 18.2 Å². The molecule has 12 heavy (non-hydrogen) atoms. The van der Waals surface area contributed by atoms with Crippen LogP contribution < -0.4 is 21.5 Å². The standard InChI is InChI=1S/C9H8N2.BrH/c1-2-4-9(5-3-1)11-7-6-10-8-11;/h1-8H;1H. The van der Waals surface area contributed by atoms with Gasteiger partial charge in [-0.2, -0.15) is 0 Å². The largest absolute Gasteiger partial charge is 1.00 e. The molecule has 0 aliphatic rings. The van der Waals surface area contributed by atoms with Gasteiger partial charge in [0.1, 0.15) is 18.1 Å². The monoisotopic (exact) mass is 224 g/mol. The molecule has 2 aromatic rings. The summed E-state index contributed by atoms with van der Waals surface area (Å²) in [5.41, 5.74) is 1.17. The van der Waals surface area contributed by atoms with Crippen molar-refractivity contribution in [3.05, 3.63) is 49.1 Å². The van der Waals surface area contributed by atoms with E-state index in [-0.39, 0.29) is 17.0 Å². The maximum absolute atomic E-state index is 2.99. The Morgan fingerprint density at radius 2 is 1.83 bits per heavy atom. The zero-order valence-corrected chi connectivity index (χ0v) is 8.03. The van der Waals surface area contributed by atoms with Crippen molar-refractivity contribution in [1.82, 2.24) is 4.98 Å². The molecule has 2 rings (SSSR count). The highest BCUT2D eigenvalue weighted by atomic mass is 79.9. The van der Waals surface area contributed by atoms with Crippen LogP contribution in [0.4, 0.5) is 0 Å². The van der Waals surface area contributed by atoms with Gasteiger partial charge in [0.25, 0.3) is 0 Å². The molecule has 0 aliphatic heterocycles. The van der Waals surface area contributed by atoms with Crippen LogP contribution in [0.1, 0.15) is 0 Å². The Labute approximate surface area is 81.6 Å². The summed E-state index contributed by atoms with van der Waals surface area (Å²) in [5.74, 6) is 0. The van der Waals surface area contributed by atoms with E-state index >= 15 is 0 Å². The second-order valence-electron chi connectivity index (χ2n) is 2.35. The summed E-state index contributed by atoms with van der Waals surface area (Å²) in [6.07, 6.45) is 5.79. The highest BCUT2D eigenvalue weighted by Gasteiger charge is 1.97. The molecule has 0 saturated heterocycles. The van der Waals surface area contributed by atoms with Gasteiger partial charge >= 0.3 is 0 Å². The van der Waals surface area contributed by atoms with Crippen LogP contribution in [-0.4, -0.2) is 4.98 Å². The molecule has 0 bridgehead atoms. The van der Waals surface area contributed by atoms with Crippen LogP contribution in [0.3, 0.4) is 0 Å². The number of benzene rings is 1. The molecular formula is C9H9BrN2. The summed E-state index contributed by atoms with van der Waals surface area (Å²) in [4.78, 5) is 2.99. The van der Waals surface area contributed by atoms with Crippen LogP contribution in [0.2, 0.25) is 0 Å². The van der Waals surface area contributed by atoms with Crippen molar-refractivity contribution < 1.29 is 21.5 Å². The third-order valence-electron chi connectivity index (χ3n) is 1.60. The first kappa shape index (κ1) is 9.00. The van der Waals surface area contributed by atoms with Crippen molar-refractivity contribution in [1.29, 1.82) is 0 Å². The van der Waals surface area contributed by atoms with Gasteiger partial charge in [-0.25, -0.2) is 9.55 Å². The molecule has 0 atom stereocenters.